The molecule has 0 atom stereocenters. The number of ether oxygens (including phenoxy) is 1. The van der Waals surface area contributed by atoms with Crippen LogP contribution in [-0.2, 0) is 4.79 Å². The van der Waals surface area contributed by atoms with Gasteiger partial charge in [-0.15, -0.1) is 0 Å². The molecule has 0 radical (unpaired) electrons. The highest BCUT2D eigenvalue weighted by atomic mass is 16.5. The van der Waals surface area contributed by atoms with E-state index >= 15 is 0 Å². The number of nitrogens with one attached hydrogen (secondary N) is 1. The molecule has 144 valence electrons. The normalized spacial score (nSPS) is 10.9. The molecule has 0 fully saturated rings. The summed E-state index contributed by atoms with van der Waals surface area (Å²) in [6.07, 6.45) is 3.04. The first-order chi connectivity index (χ1) is 13.7. The van der Waals surface area contributed by atoms with Crippen LogP contribution in [0, 0.1) is 5.92 Å². The van der Waals surface area contributed by atoms with E-state index in [9.17, 15) is 4.79 Å². The molecule has 0 spiro atoms. The number of nitrogens with zero attached hydrogens (tertiary/aromatic N) is 1. The second-order valence-electron chi connectivity index (χ2n) is 6.71. The zero-order valence-electron chi connectivity index (χ0n) is 16.3. The Kier molecular flexibility index (Phi) is 6.79. The SMILES string of the molecule is CCC(CC)C(=O)Nc1ccc(OC(c2ccccc2)c2ccccc2)nc1. The highest BCUT2D eigenvalue weighted by Gasteiger charge is 2.17. The summed E-state index contributed by atoms with van der Waals surface area (Å²) in [5, 5.41) is 2.93. The van der Waals surface area contributed by atoms with Gasteiger partial charge in [0.25, 0.3) is 0 Å². The van der Waals surface area contributed by atoms with Gasteiger partial charge in [-0.2, -0.15) is 0 Å². The van der Waals surface area contributed by atoms with E-state index in [1.165, 1.54) is 0 Å². The van der Waals surface area contributed by atoms with Crippen molar-refractivity contribution in [3.05, 3.63) is 90.1 Å². The summed E-state index contributed by atoms with van der Waals surface area (Å²) >= 11 is 0. The van der Waals surface area contributed by atoms with Gasteiger partial charge in [-0.25, -0.2) is 4.98 Å². The van der Waals surface area contributed by atoms with Gasteiger partial charge in [-0.3, -0.25) is 4.79 Å². The van der Waals surface area contributed by atoms with Gasteiger partial charge in [-0.1, -0.05) is 74.5 Å². The number of amides is 1. The lowest BCUT2D eigenvalue weighted by Gasteiger charge is -2.19. The average Bonchev–Trinajstić information content (AvgIpc) is 2.75. The summed E-state index contributed by atoms with van der Waals surface area (Å²) in [6.45, 7) is 4.05. The molecule has 1 N–H and O–H groups in total. The van der Waals surface area contributed by atoms with Crippen molar-refractivity contribution in [2.45, 2.75) is 32.8 Å². The van der Waals surface area contributed by atoms with Gasteiger partial charge in [0.1, 0.15) is 0 Å². The van der Waals surface area contributed by atoms with Crippen molar-refractivity contribution < 1.29 is 9.53 Å². The van der Waals surface area contributed by atoms with E-state index < -0.39 is 0 Å². The zero-order valence-corrected chi connectivity index (χ0v) is 16.3. The minimum atomic E-state index is -0.250. The van der Waals surface area contributed by atoms with Gasteiger partial charge >= 0.3 is 0 Å². The highest BCUT2D eigenvalue weighted by molar-refractivity contribution is 5.92. The third kappa shape index (κ3) is 4.97. The number of benzene rings is 2. The molecule has 28 heavy (non-hydrogen) atoms. The number of hydrogen-bond acceptors (Lipinski definition) is 3. The lowest BCUT2D eigenvalue weighted by molar-refractivity contribution is -0.120. The number of carbonyl (C=O) groups is 1. The van der Waals surface area contributed by atoms with E-state index in [1.807, 2.05) is 80.6 Å². The van der Waals surface area contributed by atoms with Crippen LogP contribution >= 0.6 is 0 Å². The number of carbonyl (C=O) groups excluding carboxylic acids is 1. The second-order valence-corrected chi connectivity index (χ2v) is 6.71. The molecule has 0 unspecified atom stereocenters. The molecule has 0 aliphatic carbocycles. The van der Waals surface area contributed by atoms with Crippen LogP contribution in [0.25, 0.3) is 0 Å². The minimum Gasteiger partial charge on any atom is -0.465 e. The topological polar surface area (TPSA) is 51.2 Å². The Morgan fingerprint density at radius 1 is 0.893 bits per heavy atom. The van der Waals surface area contributed by atoms with Gasteiger partial charge in [0, 0.05) is 12.0 Å². The predicted octanol–water partition coefficient (Wildman–Crippen LogP) is 5.62. The van der Waals surface area contributed by atoms with Crippen molar-refractivity contribution in [1.82, 2.24) is 4.98 Å². The average molecular weight is 374 g/mol. The largest absolute Gasteiger partial charge is 0.465 e. The molecule has 0 aliphatic heterocycles. The minimum absolute atomic E-state index is 0.0245. The van der Waals surface area contributed by atoms with Crippen molar-refractivity contribution in [2.75, 3.05) is 5.32 Å². The van der Waals surface area contributed by atoms with Crippen LogP contribution in [0.3, 0.4) is 0 Å². The van der Waals surface area contributed by atoms with E-state index in [0.29, 0.717) is 11.6 Å². The monoisotopic (exact) mass is 374 g/mol. The van der Waals surface area contributed by atoms with E-state index in [0.717, 1.165) is 24.0 Å². The molecule has 1 heterocycles. The number of rotatable bonds is 8. The Hall–Kier alpha value is -3.14. The summed E-state index contributed by atoms with van der Waals surface area (Å²) in [6, 6.07) is 23.8. The van der Waals surface area contributed by atoms with Crippen molar-refractivity contribution >= 4 is 11.6 Å². The van der Waals surface area contributed by atoms with Gasteiger partial charge in [0.05, 0.1) is 11.9 Å². The van der Waals surface area contributed by atoms with E-state index in [4.69, 9.17) is 4.74 Å². The summed E-state index contributed by atoms with van der Waals surface area (Å²) in [7, 11) is 0. The van der Waals surface area contributed by atoms with Crippen LogP contribution in [0.4, 0.5) is 5.69 Å². The zero-order chi connectivity index (χ0) is 19.8. The number of anilines is 1. The smallest absolute Gasteiger partial charge is 0.227 e. The molecular formula is C24H26N2O2. The molecule has 0 saturated carbocycles. The van der Waals surface area contributed by atoms with E-state index in [1.54, 1.807) is 12.3 Å². The standard InChI is InChI=1S/C24H26N2O2/c1-3-18(4-2)24(27)26-21-15-16-22(25-17-21)28-23(19-11-7-5-8-12-19)20-13-9-6-10-14-20/h5-18,23H,3-4H2,1-2H3,(H,26,27). The van der Waals surface area contributed by atoms with Crippen LogP contribution < -0.4 is 10.1 Å². The molecule has 1 aromatic heterocycles. The van der Waals surface area contributed by atoms with Crippen LogP contribution in [-0.4, -0.2) is 10.9 Å². The maximum atomic E-state index is 12.2. The second kappa shape index (κ2) is 9.70. The summed E-state index contributed by atoms with van der Waals surface area (Å²) < 4.78 is 6.21. The third-order valence-electron chi connectivity index (χ3n) is 4.80. The van der Waals surface area contributed by atoms with Gasteiger partial charge in [-0.05, 0) is 30.0 Å². The first-order valence-corrected chi connectivity index (χ1v) is 9.74. The molecule has 0 aliphatic rings. The van der Waals surface area contributed by atoms with Crippen LogP contribution in [0.2, 0.25) is 0 Å². The maximum Gasteiger partial charge on any atom is 0.227 e. The maximum absolute atomic E-state index is 12.2. The number of aromatic nitrogens is 1. The molecule has 3 aromatic rings. The van der Waals surface area contributed by atoms with Gasteiger partial charge in [0.15, 0.2) is 6.10 Å². The Morgan fingerprint density at radius 2 is 1.46 bits per heavy atom. The predicted molar refractivity (Wildman–Crippen MR) is 112 cm³/mol. The molecule has 4 nitrogen and oxygen atoms in total. The fourth-order valence-corrected chi connectivity index (χ4v) is 3.13. The first-order valence-electron chi connectivity index (χ1n) is 9.74. The Bertz CT molecular complexity index is 821. The summed E-state index contributed by atoms with van der Waals surface area (Å²) in [4.78, 5) is 16.6. The van der Waals surface area contributed by atoms with Crippen molar-refractivity contribution in [1.29, 1.82) is 0 Å². The quantitative estimate of drug-likeness (QED) is 0.556. The summed E-state index contributed by atoms with van der Waals surface area (Å²) in [5.41, 5.74) is 2.79. The molecule has 0 saturated heterocycles. The first kappa shape index (κ1) is 19.6. The van der Waals surface area contributed by atoms with E-state index in [2.05, 4.69) is 10.3 Å². The fourth-order valence-electron chi connectivity index (χ4n) is 3.13. The molecule has 1 amide bonds. The number of pyridine rings is 1. The third-order valence-corrected chi connectivity index (χ3v) is 4.80. The number of hydrogen-bond donors (Lipinski definition) is 1. The Morgan fingerprint density at radius 3 is 1.93 bits per heavy atom. The lowest BCUT2D eigenvalue weighted by atomic mass is 10.0. The highest BCUT2D eigenvalue weighted by Crippen LogP contribution is 2.27. The van der Waals surface area contributed by atoms with Gasteiger partial charge in [0.2, 0.25) is 11.8 Å². The van der Waals surface area contributed by atoms with Crippen molar-refractivity contribution in [2.24, 2.45) is 5.92 Å². The van der Waals surface area contributed by atoms with Crippen LogP contribution in [0.5, 0.6) is 5.88 Å². The molecule has 2 aromatic carbocycles. The van der Waals surface area contributed by atoms with Crippen LogP contribution in [0.1, 0.15) is 43.9 Å². The summed E-state index contributed by atoms with van der Waals surface area (Å²) in [5.74, 6) is 0.571. The Labute approximate surface area is 166 Å². The molecular weight excluding hydrogens is 348 g/mol. The fraction of sp³-hybridized carbons (Fsp3) is 0.250. The Balaban J connectivity index is 1.76. The van der Waals surface area contributed by atoms with E-state index in [-0.39, 0.29) is 17.9 Å². The molecule has 4 heteroatoms. The van der Waals surface area contributed by atoms with Gasteiger partial charge < -0.3 is 10.1 Å². The van der Waals surface area contributed by atoms with Crippen LogP contribution in [0.15, 0.2) is 79.0 Å². The molecule has 3 rings (SSSR count). The molecule has 0 bridgehead atoms. The van der Waals surface area contributed by atoms with Crippen molar-refractivity contribution in [3.8, 4) is 5.88 Å². The van der Waals surface area contributed by atoms with Crippen molar-refractivity contribution in [3.63, 3.8) is 0 Å². The lowest BCUT2D eigenvalue weighted by Crippen LogP contribution is -2.21.